The van der Waals surface area contributed by atoms with Crippen molar-refractivity contribution in [1.29, 1.82) is 0 Å². The van der Waals surface area contributed by atoms with Crippen molar-refractivity contribution in [2.45, 2.75) is 6.92 Å². The Morgan fingerprint density at radius 3 is 2.48 bits per heavy atom. The fourth-order valence-corrected chi connectivity index (χ4v) is 2.87. The molecule has 0 saturated heterocycles. The molecule has 0 atom stereocenters. The van der Waals surface area contributed by atoms with Gasteiger partial charge in [0.2, 0.25) is 0 Å². The van der Waals surface area contributed by atoms with Gasteiger partial charge in [-0.1, -0.05) is 53.5 Å². The molecular weight excluding hydrogens is 310 g/mol. The standard InChI is InChI=1S/C16H11Cl2FN2/c1-8-15(20)12-11(7-10(17)14(19)13(12)18)21-16(8)9-5-3-2-4-6-9/h2-7H,1H3,(H2,20,21). The van der Waals surface area contributed by atoms with Crippen molar-refractivity contribution in [2.24, 2.45) is 0 Å². The molecule has 0 aliphatic carbocycles. The Morgan fingerprint density at radius 2 is 1.81 bits per heavy atom. The van der Waals surface area contributed by atoms with Crippen LogP contribution in [0.25, 0.3) is 22.2 Å². The minimum absolute atomic E-state index is 0.0673. The number of nitrogens with zero attached hydrogens (tertiary/aromatic N) is 1. The van der Waals surface area contributed by atoms with Gasteiger partial charge in [-0.3, -0.25) is 0 Å². The summed E-state index contributed by atoms with van der Waals surface area (Å²) < 4.78 is 13.8. The van der Waals surface area contributed by atoms with Crippen LogP contribution in [0.4, 0.5) is 10.1 Å². The number of halogens is 3. The molecule has 0 aliphatic rings. The smallest absolute Gasteiger partial charge is 0.161 e. The van der Waals surface area contributed by atoms with Crippen LogP contribution < -0.4 is 5.73 Å². The van der Waals surface area contributed by atoms with Gasteiger partial charge in [0.25, 0.3) is 0 Å². The Bertz CT molecular complexity index is 848. The maximum atomic E-state index is 13.8. The van der Waals surface area contributed by atoms with E-state index in [4.69, 9.17) is 28.9 Å². The minimum Gasteiger partial charge on any atom is -0.398 e. The Labute approximate surface area is 131 Å². The van der Waals surface area contributed by atoms with Crippen molar-refractivity contribution in [3.63, 3.8) is 0 Å². The Kier molecular flexibility index (Phi) is 3.47. The summed E-state index contributed by atoms with van der Waals surface area (Å²) in [5.74, 6) is -0.675. The zero-order valence-electron chi connectivity index (χ0n) is 11.1. The predicted octanol–water partition coefficient (Wildman–Crippen LogP) is 5.24. The zero-order valence-corrected chi connectivity index (χ0v) is 12.6. The number of rotatable bonds is 1. The van der Waals surface area contributed by atoms with Crippen LogP contribution in [0, 0.1) is 12.7 Å². The number of benzene rings is 2. The molecule has 3 rings (SSSR count). The molecule has 106 valence electrons. The molecule has 3 aromatic rings. The second-order valence-electron chi connectivity index (χ2n) is 4.75. The molecule has 2 nitrogen and oxygen atoms in total. The molecule has 0 fully saturated rings. The molecule has 0 amide bonds. The fraction of sp³-hybridized carbons (Fsp3) is 0.0625. The molecule has 0 unspecified atom stereocenters. The number of aromatic nitrogens is 1. The van der Waals surface area contributed by atoms with Crippen LogP contribution in [0.3, 0.4) is 0 Å². The van der Waals surface area contributed by atoms with Crippen molar-refractivity contribution >= 4 is 39.8 Å². The summed E-state index contributed by atoms with van der Waals surface area (Å²) in [5, 5.41) is 0.239. The van der Waals surface area contributed by atoms with Crippen molar-refractivity contribution in [1.82, 2.24) is 4.98 Å². The summed E-state index contributed by atoms with van der Waals surface area (Å²) >= 11 is 11.9. The van der Waals surface area contributed by atoms with Gasteiger partial charge in [0.15, 0.2) is 5.82 Å². The van der Waals surface area contributed by atoms with E-state index in [-0.39, 0.29) is 10.0 Å². The Balaban J connectivity index is 2.41. The highest BCUT2D eigenvalue weighted by molar-refractivity contribution is 6.39. The third kappa shape index (κ3) is 2.23. The minimum atomic E-state index is -0.675. The second kappa shape index (κ2) is 5.17. The first-order valence-electron chi connectivity index (χ1n) is 6.29. The van der Waals surface area contributed by atoms with E-state index in [9.17, 15) is 4.39 Å². The number of hydrogen-bond donors (Lipinski definition) is 1. The van der Waals surface area contributed by atoms with Crippen LogP contribution in [0.1, 0.15) is 5.56 Å². The molecular formula is C16H11Cl2FN2. The first-order valence-corrected chi connectivity index (χ1v) is 7.05. The van der Waals surface area contributed by atoms with E-state index in [0.29, 0.717) is 16.6 Å². The van der Waals surface area contributed by atoms with Crippen LogP contribution in [0.5, 0.6) is 0 Å². The largest absolute Gasteiger partial charge is 0.398 e. The normalized spacial score (nSPS) is 11.0. The van der Waals surface area contributed by atoms with Gasteiger partial charge in [0, 0.05) is 16.6 Å². The van der Waals surface area contributed by atoms with Gasteiger partial charge < -0.3 is 5.73 Å². The first kappa shape index (κ1) is 14.1. The van der Waals surface area contributed by atoms with Gasteiger partial charge in [-0.05, 0) is 18.6 Å². The fourth-order valence-electron chi connectivity index (χ4n) is 2.32. The molecule has 2 aromatic carbocycles. The lowest BCUT2D eigenvalue weighted by molar-refractivity contribution is 0.630. The molecule has 1 aromatic heterocycles. The van der Waals surface area contributed by atoms with E-state index in [1.165, 1.54) is 6.07 Å². The lowest BCUT2D eigenvalue weighted by Crippen LogP contribution is -1.99. The molecule has 0 bridgehead atoms. The topological polar surface area (TPSA) is 38.9 Å². The molecule has 0 spiro atoms. The van der Waals surface area contributed by atoms with Gasteiger partial charge in [0.1, 0.15) is 0 Å². The molecule has 0 radical (unpaired) electrons. The molecule has 21 heavy (non-hydrogen) atoms. The SMILES string of the molecule is Cc1c(-c2ccccc2)nc2cc(Cl)c(F)c(Cl)c2c1N. The Morgan fingerprint density at radius 1 is 1.14 bits per heavy atom. The maximum Gasteiger partial charge on any atom is 0.161 e. The summed E-state index contributed by atoms with van der Waals surface area (Å²) in [6.07, 6.45) is 0. The summed E-state index contributed by atoms with van der Waals surface area (Å²) in [6.45, 7) is 1.84. The molecule has 0 saturated carbocycles. The summed E-state index contributed by atoms with van der Waals surface area (Å²) in [6, 6.07) is 11.1. The van der Waals surface area contributed by atoms with Crippen molar-refractivity contribution in [3.05, 3.63) is 57.8 Å². The van der Waals surface area contributed by atoms with E-state index in [1.54, 1.807) is 0 Å². The highest BCUT2D eigenvalue weighted by Crippen LogP contribution is 2.38. The van der Waals surface area contributed by atoms with Gasteiger partial charge in [0.05, 0.1) is 21.3 Å². The summed E-state index contributed by atoms with van der Waals surface area (Å²) in [7, 11) is 0. The molecule has 5 heteroatoms. The predicted molar refractivity (Wildman–Crippen MR) is 86.3 cm³/mol. The number of nitrogen functional groups attached to an aromatic ring is 1. The van der Waals surface area contributed by atoms with E-state index in [1.807, 2.05) is 37.3 Å². The molecule has 0 aliphatic heterocycles. The average molecular weight is 321 g/mol. The van der Waals surface area contributed by atoms with Crippen molar-refractivity contribution in [2.75, 3.05) is 5.73 Å². The van der Waals surface area contributed by atoms with Crippen LogP contribution in [0.2, 0.25) is 10.0 Å². The van der Waals surface area contributed by atoms with Gasteiger partial charge in [-0.2, -0.15) is 0 Å². The summed E-state index contributed by atoms with van der Waals surface area (Å²) in [5.41, 5.74) is 9.47. The van der Waals surface area contributed by atoms with E-state index >= 15 is 0 Å². The third-order valence-electron chi connectivity index (χ3n) is 3.45. The van der Waals surface area contributed by atoms with Crippen LogP contribution in [-0.4, -0.2) is 4.98 Å². The summed E-state index contributed by atoms with van der Waals surface area (Å²) in [4.78, 5) is 4.55. The van der Waals surface area contributed by atoms with Crippen LogP contribution in [0.15, 0.2) is 36.4 Å². The van der Waals surface area contributed by atoms with Gasteiger partial charge in [-0.25, -0.2) is 9.37 Å². The number of fused-ring (bicyclic) bond motifs is 1. The maximum absolute atomic E-state index is 13.8. The lowest BCUT2D eigenvalue weighted by Gasteiger charge is -2.13. The first-order chi connectivity index (χ1) is 10.0. The molecule has 1 heterocycles. The van der Waals surface area contributed by atoms with Gasteiger partial charge in [-0.15, -0.1) is 0 Å². The van der Waals surface area contributed by atoms with Gasteiger partial charge >= 0.3 is 0 Å². The number of nitrogens with two attached hydrogens (primary N) is 1. The molecule has 2 N–H and O–H groups in total. The van der Waals surface area contributed by atoms with Crippen LogP contribution >= 0.6 is 23.2 Å². The number of anilines is 1. The van der Waals surface area contributed by atoms with Crippen molar-refractivity contribution < 1.29 is 4.39 Å². The highest BCUT2D eigenvalue weighted by atomic mass is 35.5. The monoisotopic (exact) mass is 320 g/mol. The quantitative estimate of drug-likeness (QED) is 0.623. The third-order valence-corrected chi connectivity index (χ3v) is 4.08. The lowest BCUT2D eigenvalue weighted by atomic mass is 10.0. The van der Waals surface area contributed by atoms with E-state index in [2.05, 4.69) is 4.98 Å². The van der Waals surface area contributed by atoms with E-state index < -0.39 is 5.82 Å². The van der Waals surface area contributed by atoms with Crippen LogP contribution in [-0.2, 0) is 0 Å². The number of hydrogen-bond acceptors (Lipinski definition) is 2. The highest BCUT2D eigenvalue weighted by Gasteiger charge is 2.18. The van der Waals surface area contributed by atoms with E-state index in [0.717, 1.165) is 16.8 Å². The Hall–Kier alpha value is -1.84. The second-order valence-corrected chi connectivity index (χ2v) is 5.53. The number of pyridine rings is 1. The zero-order chi connectivity index (χ0) is 15.1. The average Bonchev–Trinajstić information content (AvgIpc) is 2.49. The van der Waals surface area contributed by atoms with Crippen molar-refractivity contribution in [3.8, 4) is 11.3 Å².